The highest BCUT2D eigenvalue weighted by molar-refractivity contribution is 7.92. The van der Waals surface area contributed by atoms with Gasteiger partial charge in [-0.3, -0.25) is 9.52 Å². The molecule has 10 heteroatoms. The summed E-state index contributed by atoms with van der Waals surface area (Å²) in [6, 6.07) is 7.93. The molecule has 0 aromatic heterocycles. The van der Waals surface area contributed by atoms with Gasteiger partial charge in [-0.05, 0) is 36.4 Å². The Bertz CT molecular complexity index is 914. The van der Waals surface area contributed by atoms with Gasteiger partial charge in [0, 0.05) is 11.3 Å². The van der Waals surface area contributed by atoms with Gasteiger partial charge in [-0.1, -0.05) is 17.7 Å². The predicted octanol–water partition coefficient (Wildman–Crippen LogP) is 3.98. The molecular formula is C15H12ClF3N2O3S. The molecule has 0 heterocycles. The summed E-state index contributed by atoms with van der Waals surface area (Å²) in [5.41, 5.74) is -0.803. The quantitative estimate of drug-likeness (QED) is 0.826. The average Bonchev–Trinajstić information content (AvgIpc) is 2.48. The van der Waals surface area contributed by atoms with Gasteiger partial charge in [-0.15, -0.1) is 0 Å². The molecule has 0 aliphatic rings. The number of halogens is 4. The van der Waals surface area contributed by atoms with Gasteiger partial charge in [0.15, 0.2) is 0 Å². The Hall–Kier alpha value is -2.26. The van der Waals surface area contributed by atoms with E-state index in [4.69, 9.17) is 11.6 Å². The van der Waals surface area contributed by atoms with Crippen LogP contribution in [0.3, 0.4) is 0 Å². The van der Waals surface area contributed by atoms with Crippen molar-refractivity contribution < 1.29 is 26.4 Å². The molecule has 2 aromatic carbocycles. The van der Waals surface area contributed by atoms with Crippen molar-refractivity contribution in [1.82, 2.24) is 0 Å². The fraction of sp³-hybridized carbons (Fsp3) is 0.133. The van der Waals surface area contributed by atoms with Gasteiger partial charge in [0.1, 0.15) is 0 Å². The number of nitrogens with one attached hydrogen (secondary N) is 2. The average molecular weight is 393 g/mol. The zero-order valence-electron chi connectivity index (χ0n) is 12.7. The van der Waals surface area contributed by atoms with Gasteiger partial charge in [0.2, 0.25) is 10.0 Å². The number of anilines is 2. The molecule has 0 fully saturated rings. The number of amides is 1. The van der Waals surface area contributed by atoms with E-state index < -0.39 is 27.7 Å². The zero-order chi connectivity index (χ0) is 18.8. The summed E-state index contributed by atoms with van der Waals surface area (Å²) in [5.74, 6) is -0.758. The van der Waals surface area contributed by atoms with Crippen LogP contribution in [0.1, 0.15) is 15.9 Å². The maximum Gasteiger partial charge on any atom is 0.416 e. The lowest BCUT2D eigenvalue weighted by atomic mass is 10.1. The summed E-state index contributed by atoms with van der Waals surface area (Å²) in [6.07, 6.45) is -3.61. The van der Waals surface area contributed by atoms with E-state index >= 15 is 0 Å². The summed E-state index contributed by atoms with van der Waals surface area (Å²) in [7, 11) is -3.53. The minimum absolute atomic E-state index is 0.0206. The number of benzene rings is 2. The molecule has 0 saturated carbocycles. The molecule has 0 aliphatic heterocycles. The molecule has 0 spiro atoms. The molecule has 0 bridgehead atoms. The molecule has 0 radical (unpaired) electrons. The first-order valence-electron chi connectivity index (χ1n) is 6.72. The van der Waals surface area contributed by atoms with E-state index in [9.17, 15) is 26.4 Å². The minimum Gasteiger partial charge on any atom is -0.322 e. The van der Waals surface area contributed by atoms with Crippen LogP contribution in [0.5, 0.6) is 0 Å². The molecule has 0 aliphatic carbocycles. The van der Waals surface area contributed by atoms with Crippen molar-refractivity contribution in [2.45, 2.75) is 6.18 Å². The number of sulfonamides is 1. The lowest BCUT2D eigenvalue weighted by Gasteiger charge is -2.11. The van der Waals surface area contributed by atoms with Gasteiger partial charge in [-0.2, -0.15) is 13.2 Å². The van der Waals surface area contributed by atoms with E-state index in [1.165, 1.54) is 24.3 Å². The molecule has 5 nitrogen and oxygen atoms in total. The lowest BCUT2D eigenvalue weighted by Crippen LogP contribution is -2.14. The largest absolute Gasteiger partial charge is 0.416 e. The maximum atomic E-state index is 12.7. The topological polar surface area (TPSA) is 75.3 Å². The Kier molecular flexibility index (Phi) is 5.28. The highest BCUT2D eigenvalue weighted by atomic mass is 35.5. The molecule has 1 amide bonds. The van der Waals surface area contributed by atoms with Crippen LogP contribution in [0.4, 0.5) is 24.5 Å². The number of hydrogen-bond acceptors (Lipinski definition) is 3. The molecule has 25 heavy (non-hydrogen) atoms. The molecule has 2 aromatic rings. The van der Waals surface area contributed by atoms with Gasteiger partial charge >= 0.3 is 6.18 Å². The molecule has 2 rings (SSSR count). The van der Waals surface area contributed by atoms with Gasteiger partial charge < -0.3 is 5.32 Å². The SMILES string of the molecule is CS(=O)(=O)Nc1ccc(NC(=O)c2cccc(C(F)(F)F)c2)cc1Cl. The van der Waals surface area contributed by atoms with Crippen LogP contribution >= 0.6 is 11.6 Å². The van der Waals surface area contributed by atoms with Crippen LogP contribution in [0.15, 0.2) is 42.5 Å². The maximum absolute atomic E-state index is 12.7. The Balaban J connectivity index is 2.20. The third kappa shape index (κ3) is 5.36. The van der Waals surface area contributed by atoms with Gasteiger partial charge in [0.25, 0.3) is 5.91 Å². The first kappa shape index (κ1) is 19.1. The predicted molar refractivity (Wildman–Crippen MR) is 89.3 cm³/mol. The molecule has 0 unspecified atom stereocenters. The monoisotopic (exact) mass is 392 g/mol. The van der Waals surface area contributed by atoms with Crippen LogP contribution in [0.2, 0.25) is 5.02 Å². The fourth-order valence-electron chi connectivity index (χ4n) is 1.92. The van der Waals surface area contributed by atoms with Crippen LogP contribution in [0.25, 0.3) is 0 Å². The fourth-order valence-corrected chi connectivity index (χ4v) is 2.78. The minimum atomic E-state index is -4.56. The van der Waals surface area contributed by atoms with E-state index in [-0.39, 0.29) is 22.0 Å². The van der Waals surface area contributed by atoms with E-state index in [2.05, 4.69) is 10.0 Å². The smallest absolute Gasteiger partial charge is 0.322 e. The Morgan fingerprint density at radius 2 is 1.80 bits per heavy atom. The van der Waals surface area contributed by atoms with Crippen molar-refractivity contribution in [2.24, 2.45) is 0 Å². The molecule has 0 atom stereocenters. The highest BCUT2D eigenvalue weighted by Crippen LogP contribution is 2.30. The summed E-state index contributed by atoms with van der Waals surface area (Å²) < 4.78 is 62.6. The third-order valence-electron chi connectivity index (χ3n) is 2.97. The highest BCUT2D eigenvalue weighted by Gasteiger charge is 2.30. The molecular weight excluding hydrogens is 381 g/mol. The van der Waals surface area contributed by atoms with Crippen LogP contribution in [-0.2, 0) is 16.2 Å². The Morgan fingerprint density at radius 3 is 2.36 bits per heavy atom. The van der Waals surface area contributed by atoms with Gasteiger partial charge in [0.05, 0.1) is 22.5 Å². The number of hydrogen-bond donors (Lipinski definition) is 2. The van der Waals surface area contributed by atoms with Crippen molar-refractivity contribution in [2.75, 3.05) is 16.3 Å². The summed E-state index contributed by atoms with van der Waals surface area (Å²) in [6.45, 7) is 0. The summed E-state index contributed by atoms with van der Waals surface area (Å²) >= 11 is 5.92. The van der Waals surface area contributed by atoms with E-state index in [1.54, 1.807) is 0 Å². The number of carbonyl (C=O) groups is 1. The number of alkyl halides is 3. The number of carbonyl (C=O) groups excluding carboxylic acids is 1. The second-order valence-corrected chi connectivity index (χ2v) is 7.26. The zero-order valence-corrected chi connectivity index (χ0v) is 14.3. The van der Waals surface area contributed by atoms with Crippen LogP contribution in [0, 0.1) is 0 Å². The van der Waals surface area contributed by atoms with Crippen molar-refractivity contribution >= 4 is 38.9 Å². The number of rotatable bonds is 4. The lowest BCUT2D eigenvalue weighted by molar-refractivity contribution is -0.137. The Labute approximate surface area is 146 Å². The summed E-state index contributed by atoms with van der Waals surface area (Å²) in [4.78, 5) is 12.1. The Morgan fingerprint density at radius 1 is 1.12 bits per heavy atom. The van der Waals surface area contributed by atoms with Crippen molar-refractivity contribution in [3.8, 4) is 0 Å². The summed E-state index contributed by atoms with van der Waals surface area (Å²) in [5, 5.41) is 2.42. The van der Waals surface area contributed by atoms with E-state index in [0.29, 0.717) is 0 Å². The van der Waals surface area contributed by atoms with Crippen molar-refractivity contribution in [3.63, 3.8) is 0 Å². The first-order valence-corrected chi connectivity index (χ1v) is 8.98. The standard InChI is InChI=1S/C15H12ClF3N2O3S/c1-25(23,24)21-13-6-5-11(8-12(13)16)20-14(22)9-3-2-4-10(7-9)15(17,18)19/h2-8,21H,1H3,(H,20,22). The second-order valence-electron chi connectivity index (χ2n) is 5.10. The van der Waals surface area contributed by atoms with Crippen LogP contribution < -0.4 is 10.0 Å². The third-order valence-corrected chi connectivity index (χ3v) is 3.88. The van der Waals surface area contributed by atoms with E-state index in [0.717, 1.165) is 24.5 Å². The first-order chi connectivity index (χ1) is 11.5. The van der Waals surface area contributed by atoms with Crippen molar-refractivity contribution in [1.29, 1.82) is 0 Å². The molecule has 134 valence electrons. The normalized spacial score (nSPS) is 11.9. The molecule has 2 N–H and O–H groups in total. The molecule has 0 saturated heterocycles. The van der Waals surface area contributed by atoms with Crippen molar-refractivity contribution in [3.05, 3.63) is 58.6 Å². The van der Waals surface area contributed by atoms with Crippen LogP contribution in [-0.4, -0.2) is 20.6 Å². The van der Waals surface area contributed by atoms with E-state index in [1.807, 2.05) is 0 Å². The van der Waals surface area contributed by atoms with Gasteiger partial charge in [-0.25, -0.2) is 8.42 Å². The second kappa shape index (κ2) is 6.93.